The van der Waals surface area contributed by atoms with Crippen molar-refractivity contribution in [3.05, 3.63) is 162 Å². The van der Waals surface area contributed by atoms with Crippen LogP contribution in [0.4, 0.5) is 4.70 Å². The van der Waals surface area contributed by atoms with Crippen LogP contribution in [0, 0.1) is 57.4 Å². The van der Waals surface area contributed by atoms with Crippen LogP contribution >= 0.6 is 47.5 Å². The van der Waals surface area contributed by atoms with Gasteiger partial charge in [-0.3, -0.25) is 4.70 Å². The standard InChI is InChI=1S/C17H19P.2C15H19O2P.C13H27P.2C11H23P.C3H8.4CH3.FH.3Fe/c1-3-9-15(10-4-1)18(17-13-7-8-14-17)16-11-5-2-6-12-16;2*1-11-7-9-14(16-11)18(13-5-3-4-6-13)15-10-8-12(2)17-15;1-12(2,3)14(13(4,5)6)11-9-7-8-10-11;2*1-9(2)12(10(3)4)11-7-5-6-8-11;1-3-2;;;;;;;;/h1-6,9-12,17H,7-8,13-14H2;2*7-10,13H,3-6H2,1-2H3;11H,7-10H2,1-6H3;2*9-11H,5-8H2,1-4H3;3H2,1-2H3;4*1H3;1H;;;/q;;;;;;;4*-1;;;2*+2/i;;;;;;3D;;;;;;;;. The number of hydrogen-bond acceptors (Lipinski definition) is 4. The van der Waals surface area contributed by atoms with Crippen LogP contribution < -0.4 is 32.6 Å². The molecular weight excluding hydrogens is 1510 g/mol. The molecule has 6 fully saturated rings. The fraction of sp³-hybridized carbons (Fsp3) is 0.640. The van der Waals surface area contributed by atoms with Gasteiger partial charge in [0, 0.05) is 34.3 Å². The molecular formula is C89H151FFe3O4P6. The average Bonchev–Trinajstić information content (AvgIpc) is 1.61. The van der Waals surface area contributed by atoms with Gasteiger partial charge in [-0.1, -0.05) is 279 Å². The molecule has 0 unspecified atom stereocenters. The minimum Gasteiger partial charge on any atom is -0.461 e. The fourth-order valence-corrected chi connectivity index (χ4v) is 38.2. The Labute approximate surface area is 677 Å². The molecule has 0 amide bonds. The molecule has 0 spiro atoms. The molecule has 14 heteroatoms. The van der Waals surface area contributed by atoms with Crippen LogP contribution in [-0.2, 0) is 51.2 Å². The summed E-state index contributed by atoms with van der Waals surface area (Å²) in [6.07, 6.45) is 34.5. The van der Waals surface area contributed by atoms with E-state index < -0.39 is 15.8 Å². The van der Waals surface area contributed by atoms with Crippen molar-refractivity contribution in [1.29, 1.82) is 0 Å². The van der Waals surface area contributed by atoms with E-state index in [2.05, 4.69) is 206 Å². The van der Waals surface area contributed by atoms with E-state index in [-0.39, 0.29) is 108 Å². The van der Waals surface area contributed by atoms with Crippen molar-refractivity contribution in [2.75, 3.05) is 0 Å². The Morgan fingerprint density at radius 2 is 0.534 bits per heavy atom. The number of furan rings is 4. The van der Waals surface area contributed by atoms with Gasteiger partial charge < -0.3 is 47.4 Å². The van der Waals surface area contributed by atoms with Crippen molar-refractivity contribution in [2.24, 2.45) is 0 Å². The summed E-state index contributed by atoms with van der Waals surface area (Å²) in [4.78, 5) is 0. The molecule has 2 aromatic carbocycles. The summed E-state index contributed by atoms with van der Waals surface area (Å²) < 4.78 is 30.1. The quantitative estimate of drug-likeness (QED) is 0.0550. The van der Waals surface area contributed by atoms with Gasteiger partial charge in [-0.15, -0.1) is 0 Å². The van der Waals surface area contributed by atoms with E-state index in [1.54, 1.807) is 10.6 Å². The summed E-state index contributed by atoms with van der Waals surface area (Å²) in [5, 5.41) is 4.15. The predicted octanol–water partition coefficient (Wildman–Crippen LogP) is 28.6. The van der Waals surface area contributed by atoms with Crippen molar-refractivity contribution in [2.45, 2.75) is 366 Å². The Bertz CT molecular complexity index is 2710. The van der Waals surface area contributed by atoms with Gasteiger partial charge in [0.05, 0.1) is 0 Å². The molecule has 0 atom stereocenters. The largest absolute Gasteiger partial charge is 2.00 e. The Morgan fingerprint density at radius 1 is 0.340 bits per heavy atom. The summed E-state index contributed by atoms with van der Waals surface area (Å²) in [6.45, 7) is 45.8. The number of hydrogen-bond donors (Lipinski definition) is 0. The summed E-state index contributed by atoms with van der Waals surface area (Å²) in [6, 6.07) is 39.0. The SMILES string of the molecule is CC(C)(C)P(C1CCCC1)C(C)(C)C.CC(C)P(C(C)C)C1CCCC1.CC(C)P(C(C)C)C1CCCC1.Cc1ccc(P(c2ccc(C)o2)C2CCCC2)o1.Cc1ccc(P(c2ccc(C)o2)C2CCCC2)o1.F.[2H]C(C)C.[CH3-].[CH3-].[CH3-].[CH3-].[Fe+2].[Fe+2].[Fe].c1ccc(P(c2ccccc2)C2CCCC2)cc1. The second-order valence-electron chi connectivity index (χ2n) is 31.5. The first-order chi connectivity index (χ1) is 45.6. The zero-order valence-electron chi connectivity index (χ0n) is 70.5. The van der Waals surface area contributed by atoms with E-state index in [1.807, 2.05) is 41.5 Å². The van der Waals surface area contributed by atoms with Crippen molar-refractivity contribution < 1.29 is 74.9 Å². The van der Waals surface area contributed by atoms with E-state index in [0.29, 0.717) is 26.2 Å². The molecule has 12 rings (SSSR count). The Morgan fingerprint density at radius 3 is 0.718 bits per heavy atom. The second kappa shape index (κ2) is 55.1. The van der Waals surface area contributed by atoms with E-state index in [0.717, 1.165) is 102 Å². The molecule has 4 heterocycles. The predicted molar refractivity (Wildman–Crippen MR) is 464 cm³/mol. The molecule has 0 saturated heterocycles. The molecule has 0 N–H and O–H groups in total. The third kappa shape index (κ3) is 35.1. The third-order valence-corrected chi connectivity index (χ3v) is 39.9. The maximum Gasteiger partial charge on any atom is 2.00 e. The fourth-order valence-electron chi connectivity index (χ4n) is 16.9. The van der Waals surface area contributed by atoms with Crippen molar-refractivity contribution >= 4 is 80.1 Å². The van der Waals surface area contributed by atoms with Crippen molar-refractivity contribution in [3.63, 3.8) is 0 Å². The Balaban J connectivity index is -0.00000116. The third-order valence-electron chi connectivity index (χ3n) is 20.0. The molecule has 592 valence electrons. The van der Waals surface area contributed by atoms with Crippen LogP contribution in [0.2, 0.25) is 0 Å². The first-order valence-electron chi connectivity index (χ1n) is 38.7. The Kier molecular flexibility index (Phi) is 56.0. The number of aryl methyl sites for hydroxylation is 4. The van der Waals surface area contributed by atoms with Crippen LogP contribution in [0.25, 0.3) is 0 Å². The van der Waals surface area contributed by atoms with Crippen LogP contribution in [0.3, 0.4) is 0 Å². The van der Waals surface area contributed by atoms with Gasteiger partial charge >= 0.3 is 34.1 Å². The summed E-state index contributed by atoms with van der Waals surface area (Å²) in [5.74, 6) is 4.00. The zero-order chi connectivity index (χ0) is 70.1. The topological polar surface area (TPSA) is 52.6 Å². The smallest absolute Gasteiger partial charge is 0.461 e. The maximum atomic E-state index is 6.58. The van der Waals surface area contributed by atoms with Crippen molar-refractivity contribution in [1.82, 2.24) is 0 Å². The monoisotopic (exact) mass is 1660 g/mol. The van der Waals surface area contributed by atoms with Crippen LogP contribution in [0.15, 0.2) is 127 Å². The first-order valence-corrected chi connectivity index (χ1v) is 46.9. The van der Waals surface area contributed by atoms with Crippen LogP contribution in [0.1, 0.15) is 296 Å². The molecule has 6 aromatic rings. The van der Waals surface area contributed by atoms with E-state index >= 15 is 0 Å². The molecule has 6 saturated carbocycles. The molecule has 0 bridgehead atoms. The van der Waals surface area contributed by atoms with Gasteiger partial charge in [0.2, 0.25) is 0 Å². The second-order valence-corrected chi connectivity index (χ2v) is 50.2. The molecule has 4 nitrogen and oxygen atoms in total. The summed E-state index contributed by atoms with van der Waals surface area (Å²) >= 11 is 0. The number of benzene rings is 2. The molecule has 6 aliphatic carbocycles. The summed E-state index contributed by atoms with van der Waals surface area (Å²) in [7, 11) is -0.243. The molecule has 6 aliphatic rings. The van der Waals surface area contributed by atoms with Gasteiger partial charge in [0.25, 0.3) is 0 Å². The zero-order valence-corrected chi connectivity index (χ0v) is 78.2. The van der Waals surface area contributed by atoms with Crippen molar-refractivity contribution in [3.8, 4) is 0 Å². The van der Waals surface area contributed by atoms with Gasteiger partial charge in [-0.2, -0.15) is 0 Å². The van der Waals surface area contributed by atoms with E-state index in [9.17, 15) is 0 Å². The number of halogens is 1. The first kappa shape index (κ1) is 105. The van der Waals surface area contributed by atoms with Gasteiger partial charge in [-0.25, -0.2) is 0 Å². The van der Waals surface area contributed by atoms with Crippen LogP contribution in [-0.4, -0.2) is 66.9 Å². The van der Waals surface area contributed by atoms with Gasteiger partial charge in [0.15, 0.2) is 0 Å². The van der Waals surface area contributed by atoms with Crippen LogP contribution in [0.5, 0.6) is 0 Å². The average molecular weight is 1660 g/mol. The normalized spacial score (nSPS) is 16.6. The summed E-state index contributed by atoms with van der Waals surface area (Å²) in [5.41, 5.74) is 13.9. The molecule has 103 heavy (non-hydrogen) atoms. The molecule has 0 radical (unpaired) electrons. The molecule has 4 aromatic heterocycles. The maximum absolute atomic E-state index is 6.58. The minimum atomic E-state index is -0.444. The van der Waals surface area contributed by atoms with E-state index in [4.69, 9.17) is 19.0 Å². The Hall–Kier alpha value is -0.372. The van der Waals surface area contributed by atoms with Gasteiger partial charge in [-0.05, 0) is 239 Å². The number of rotatable bonds is 16. The molecule has 0 aliphatic heterocycles. The minimum absolute atomic E-state index is 0. The van der Waals surface area contributed by atoms with E-state index in [1.165, 1.54) is 154 Å². The van der Waals surface area contributed by atoms with Gasteiger partial charge in [0.1, 0.15) is 45.0 Å².